The molecule has 0 radical (unpaired) electrons. The first-order valence-electron chi connectivity index (χ1n) is 5.84. The van der Waals surface area contributed by atoms with Crippen LogP contribution in [0, 0.1) is 5.92 Å². The molecule has 0 N–H and O–H groups in total. The van der Waals surface area contributed by atoms with Gasteiger partial charge < -0.3 is 4.74 Å². The molecule has 14 heavy (non-hydrogen) atoms. The fraction of sp³-hybridized carbons (Fsp3) is 0.917. The van der Waals surface area contributed by atoms with E-state index in [1.165, 1.54) is 25.7 Å². The van der Waals surface area contributed by atoms with E-state index in [2.05, 4.69) is 0 Å². The van der Waals surface area contributed by atoms with Gasteiger partial charge in [0.15, 0.2) is 5.78 Å². The number of hydrogen-bond acceptors (Lipinski definition) is 2. The van der Waals surface area contributed by atoms with Gasteiger partial charge in [0.05, 0.1) is 6.10 Å². The lowest BCUT2D eigenvalue weighted by Gasteiger charge is -2.13. The molecule has 0 aromatic heterocycles. The summed E-state index contributed by atoms with van der Waals surface area (Å²) in [6, 6.07) is 0. The van der Waals surface area contributed by atoms with Gasteiger partial charge in [0.1, 0.15) is 6.61 Å². The molecule has 0 aromatic carbocycles. The van der Waals surface area contributed by atoms with Crippen molar-refractivity contribution in [3.8, 4) is 0 Å². The third-order valence-corrected chi connectivity index (χ3v) is 2.87. The summed E-state index contributed by atoms with van der Waals surface area (Å²) >= 11 is 0. The van der Waals surface area contributed by atoms with Gasteiger partial charge in [-0.1, -0.05) is 25.7 Å². The van der Waals surface area contributed by atoms with Crippen LogP contribution >= 0.6 is 0 Å². The quantitative estimate of drug-likeness (QED) is 0.649. The average molecular weight is 198 g/mol. The van der Waals surface area contributed by atoms with Crippen LogP contribution in [0.15, 0.2) is 0 Å². The van der Waals surface area contributed by atoms with Crippen LogP contribution in [0.5, 0.6) is 0 Å². The van der Waals surface area contributed by atoms with E-state index in [0.717, 1.165) is 12.8 Å². The molecule has 0 heterocycles. The van der Waals surface area contributed by atoms with Gasteiger partial charge in [-0.2, -0.15) is 0 Å². The van der Waals surface area contributed by atoms with E-state index in [0.29, 0.717) is 12.4 Å². The van der Waals surface area contributed by atoms with Crippen LogP contribution in [-0.4, -0.2) is 18.5 Å². The first-order valence-corrected chi connectivity index (χ1v) is 5.84. The molecule has 1 fully saturated rings. The predicted molar refractivity (Wildman–Crippen MR) is 57.3 cm³/mol. The molecule has 1 aliphatic carbocycles. The van der Waals surface area contributed by atoms with E-state index in [-0.39, 0.29) is 12.0 Å². The van der Waals surface area contributed by atoms with Gasteiger partial charge in [-0.3, -0.25) is 4.79 Å². The summed E-state index contributed by atoms with van der Waals surface area (Å²) in [7, 11) is 0. The van der Waals surface area contributed by atoms with Gasteiger partial charge in [-0.25, -0.2) is 0 Å². The minimum absolute atomic E-state index is 0.171. The lowest BCUT2D eigenvalue weighted by molar-refractivity contribution is -0.129. The van der Waals surface area contributed by atoms with Gasteiger partial charge in [0.25, 0.3) is 0 Å². The Morgan fingerprint density at radius 1 is 1.21 bits per heavy atom. The molecule has 0 aromatic rings. The SMILES string of the molecule is CC(C)OCC(=O)C1CCCCCC1. The molecule has 1 saturated carbocycles. The zero-order valence-electron chi connectivity index (χ0n) is 9.42. The van der Waals surface area contributed by atoms with Gasteiger partial charge in [-0.05, 0) is 26.7 Å². The molecular weight excluding hydrogens is 176 g/mol. The second-order valence-electron chi connectivity index (χ2n) is 4.51. The number of ketones is 1. The lowest BCUT2D eigenvalue weighted by Crippen LogP contribution is -2.21. The molecule has 1 rings (SSSR count). The maximum atomic E-state index is 11.7. The van der Waals surface area contributed by atoms with Crippen molar-refractivity contribution in [3.63, 3.8) is 0 Å². The highest BCUT2D eigenvalue weighted by molar-refractivity contribution is 5.82. The Kier molecular flexibility index (Phi) is 5.16. The Morgan fingerprint density at radius 3 is 2.29 bits per heavy atom. The molecule has 0 saturated heterocycles. The minimum Gasteiger partial charge on any atom is -0.371 e. The highest BCUT2D eigenvalue weighted by Gasteiger charge is 2.19. The summed E-state index contributed by atoms with van der Waals surface area (Å²) in [5.74, 6) is 0.608. The smallest absolute Gasteiger partial charge is 0.161 e. The van der Waals surface area contributed by atoms with Crippen LogP contribution in [0.4, 0.5) is 0 Å². The van der Waals surface area contributed by atoms with Crippen molar-refractivity contribution in [2.75, 3.05) is 6.61 Å². The largest absolute Gasteiger partial charge is 0.371 e. The summed E-state index contributed by atoms with van der Waals surface area (Å²) in [6.07, 6.45) is 7.38. The van der Waals surface area contributed by atoms with Gasteiger partial charge in [0, 0.05) is 5.92 Å². The van der Waals surface area contributed by atoms with Crippen molar-refractivity contribution in [1.82, 2.24) is 0 Å². The number of hydrogen-bond donors (Lipinski definition) is 0. The molecule has 0 amide bonds. The molecule has 82 valence electrons. The van der Waals surface area contributed by atoms with E-state index < -0.39 is 0 Å². The van der Waals surface area contributed by atoms with Gasteiger partial charge >= 0.3 is 0 Å². The second-order valence-corrected chi connectivity index (χ2v) is 4.51. The summed E-state index contributed by atoms with van der Waals surface area (Å²) in [5, 5.41) is 0. The zero-order valence-corrected chi connectivity index (χ0v) is 9.42. The van der Waals surface area contributed by atoms with Crippen molar-refractivity contribution < 1.29 is 9.53 Å². The third kappa shape index (κ3) is 4.23. The van der Waals surface area contributed by atoms with Crippen molar-refractivity contribution in [3.05, 3.63) is 0 Å². The highest BCUT2D eigenvalue weighted by atomic mass is 16.5. The Hall–Kier alpha value is -0.370. The van der Waals surface area contributed by atoms with Crippen molar-refractivity contribution in [2.24, 2.45) is 5.92 Å². The maximum absolute atomic E-state index is 11.7. The number of ether oxygens (including phenoxy) is 1. The monoisotopic (exact) mass is 198 g/mol. The molecule has 2 heteroatoms. The molecule has 1 aliphatic rings. The highest BCUT2D eigenvalue weighted by Crippen LogP contribution is 2.23. The van der Waals surface area contributed by atoms with Crippen LogP contribution in [0.2, 0.25) is 0 Å². The number of carbonyl (C=O) groups excluding carboxylic acids is 1. The predicted octanol–water partition coefficient (Wildman–Crippen LogP) is 2.95. The van der Waals surface area contributed by atoms with Crippen LogP contribution in [0.1, 0.15) is 52.4 Å². The van der Waals surface area contributed by atoms with Crippen molar-refractivity contribution in [1.29, 1.82) is 0 Å². The Bertz CT molecular complexity index is 167. The van der Waals surface area contributed by atoms with Crippen molar-refractivity contribution in [2.45, 2.75) is 58.5 Å². The summed E-state index contributed by atoms with van der Waals surface area (Å²) < 4.78 is 5.35. The summed E-state index contributed by atoms with van der Waals surface area (Å²) in [4.78, 5) is 11.7. The second kappa shape index (κ2) is 6.18. The Morgan fingerprint density at radius 2 is 1.79 bits per heavy atom. The molecular formula is C12H22O2. The summed E-state index contributed by atoms with van der Waals surface area (Å²) in [5.41, 5.74) is 0. The van der Waals surface area contributed by atoms with Crippen LogP contribution in [0.3, 0.4) is 0 Å². The van der Waals surface area contributed by atoms with Gasteiger partial charge in [0.2, 0.25) is 0 Å². The molecule has 0 aliphatic heterocycles. The topological polar surface area (TPSA) is 26.3 Å². The standard InChI is InChI=1S/C12H22O2/c1-10(2)14-9-12(13)11-7-5-3-4-6-8-11/h10-11H,3-9H2,1-2H3. The fourth-order valence-electron chi connectivity index (χ4n) is 1.97. The zero-order chi connectivity index (χ0) is 10.4. The number of carbonyl (C=O) groups is 1. The van der Waals surface area contributed by atoms with E-state index in [9.17, 15) is 4.79 Å². The van der Waals surface area contributed by atoms with Gasteiger partial charge in [-0.15, -0.1) is 0 Å². The van der Waals surface area contributed by atoms with Crippen LogP contribution in [0.25, 0.3) is 0 Å². The molecule has 0 unspecified atom stereocenters. The number of rotatable bonds is 4. The van der Waals surface area contributed by atoms with Crippen LogP contribution in [-0.2, 0) is 9.53 Å². The van der Waals surface area contributed by atoms with E-state index in [1.807, 2.05) is 13.8 Å². The van der Waals surface area contributed by atoms with E-state index in [4.69, 9.17) is 4.74 Å². The lowest BCUT2D eigenvalue weighted by atomic mass is 9.96. The fourth-order valence-corrected chi connectivity index (χ4v) is 1.97. The first kappa shape index (κ1) is 11.7. The molecule has 0 atom stereocenters. The van der Waals surface area contributed by atoms with Crippen molar-refractivity contribution >= 4 is 5.78 Å². The van der Waals surface area contributed by atoms with Crippen LogP contribution < -0.4 is 0 Å². The average Bonchev–Trinajstić information content (AvgIpc) is 2.42. The minimum atomic E-state index is 0.171. The normalized spacial score (nSPS) is 19.6. The Labute approximate surface area is 87.0 Å². The first-order chi connectivity index (χ1) is 6.70. The molecule has 2 nitrogen and oxygen atoms in total. The van der Waals surface area contributed by atoms with E-state index in [1.54, 1.807) is 0 Å². The molecule has 0 bridgehead atoms. The Balaban J connectivity index is 2.27. The number of Topliss-reactive ketones (excluding diaryl/α,β-unsaturated/α-hetero) is 1. The summed E-state index contributed by atoms with van der Waals surface area (Å²) in [6.45, 7) is 4.27. The van der Waals surface area contributed by atoms with E-state index >= 15 is 0 Å². The maximum Gasteiger partial charge on any atom is 0.161 e. The third-order valence-electron chi connectivity index (χ3n) is 2.87. The molecule has 0 spiro atoms.